The Morgan fingerprint density at radius 1 is 1.28 bits per heavy atom. The average molecular weight is 278 g/mol. The fourth-order valence-corrected chi connectivity index (χ4v) is 1.85. The number of benzene rings is 1. The minimum Gasteiger partial charge on any atom is -0.398 e. The first-order valence-corrected chi connectivity index (χ1v) is 5.67. The molecule has 1 atom stereocenters. The number of hydrogen-bond donors (Lipinski definition) is 2. The van der Waals surface area contributed by atoms with Crippen molar-refractivity contribution in [3.63, 3.8) is 0 Å². The lowest BCUT2D eigenvalue weighted by molar-refractivity contribution is -0.245. The van der Waals surface area contributed by atoms with Crippen LogP contribution >= 0.6 is 11.6 Å². The third-order valence-corrected chi connectivity index (χ3v) is 3.04. The van der Waals surface area contributed by atoms with Crippen LogP contribution in [0.15, 0.2) is 29.8 Å². The van der Waals surface area contributed by atoms with Crippen molar-refractivity contribution in [1.82, 2.24) is 0 Å². The van der Waals surface area contributed by atoms with E-state index in [0.29, 0.717) is 18.4 Å². The van der Waals surface area contributed by atoms with Gasteiger partial charge in [-0.2, -0.15) is 13.2 Å². The Hall–Kier alpha value is -1.20. The van der Waals surface area contributed by atoms with Gasteiger partial charge in [0.2, 0.25) is 5.60 Å². The van der Waals surface area contributed by atoms with Gasteiger partial charge in [-0.15, -0.1) is 0 Å². The zero-order valence-electron chi connectivity index (χ0n) is 9.26. The number of allylic oxidation sites excluding steroid dienone is 1. The van der Waals surface area contributed by atoms with E-state index in [4.69, 9.17) is 17.3 Å². The van der Waals surface area contributed by atoms with Crippen LogP contribution in [-0.4, -0.2) is 11.3 Å². The predicted molar refractivity (Wildman–Crippen MR) is 63.1 cm³/mol. The van der Waals surface area contributed by atoms with Crippen molar-refractivity contribution in [2.24, 2.45) is 0 Å². The Kier molecular flexibility index (Phi) is 3.07. The van der Waals surface area contributed by atoms with Gasteiger partial charge in [0.15, 0.2) is 0 Å². The third-order valence-electron chi connectivity index (χ3n) is 2.81. The Bertz CT molecular complexity index is 507. The second-order valence-corrected chi connectivity index (χ2v) is 4.73. The highest BCUT2D eigenvalue weighted by molar-refractivity contribution is 6.30. The van der Waals surface area contributed by atoms with E-state index >= 15 is 0 Å². The molecule has 0 aliphatic heterocycles. The largest absolute Gasteiger partial charge is 0.425 e. The summed E-state index contributed by atoms with van der Waals surface area (Å²) in [7, 11) is 0. The van der Waals surface area contributed by atoms with Crippen LogP contribution in [0.25, 0.3) is 0 Å². The van der Waals surface area contributed by atoms with Crippen molar-refractivity contribution >= 4 is 17.3 Å². The molecule has 1 aliphatic rings. The van der Waals surface area contributed by atoms with E-state index in [0.717, 1.165) is 12.1 Å². The number of nitrogen functional groups attached to an aromatic ring is 1. The molecule has 1 fully saturated rings. The first-order valence-electron chi connectivity index (χ1n) is 5.29. The van der Waals surface area contributed by atoms with E-state index in [2.05, 4.69) is 0 Å². The Labute approximate surface area is 107 Å². The number of aliphatic hydroxyl groups is 1. The normalized spacial score (nSPS) is 18.4. The number of nitrogens with two attached hydrogens (primary N) is 1. The van der Waals surface area contributed by atoms with Gasteiger partial charge < -0.3 is 10.8 Å². The maximum Gasteiger partial charge on any atom is 0.425 e. The minimum absolute atomic E-state index is 0.0936. The van der Waals surface area contributed by atoms with Crippen LogP contribution in [0.5, 0.6) is 0 Å². The lowest BCUT2D eigenvalue weighted by Gasteiger charge is -2.29. The van der Waals surface area contributed by atoms with E-state index in [1.165, 1.54) is 12.1 Å². The summed E-state index contributed by atoms with van der Waals surface area (Å²) in [6.07, 6.45) is -2.88. The highest BCUT2D eigenvalue weighted by Gasteiger charge is 2.55. The van der Waals surface area contributed by atoms with Gasteiger partial charge in [-0.1, -0.05) is 17.2 Å². The maximum absolute atomic E-state index is 13.1. The fraction of sp³-hybridized carbons (Fsp3) is 0.333. The highest BCUT2D eigenvalue weighted by atomic mass is 35.5. The van der Waals surface area contributed by atoms with E-state index in [1.807, 2.05) is 0 Å². The lowest BCUT2D eigenvalue weighted by Crippen LogP contribution is -2.41. The first-order chi connectivity index (χ1) is 8.24. The first kappa shape index (κ1) is 13.2. The molecule has 0 radical (unpaired) electrons. The average Bonchev–Trinajstić information content (AvgIpc) is 3.03. The minimum atomic E-state index is -4.85. The monoisotopic (exact) mass is 277 g/mol. The molecule has 18 heavy (non-hydrogen) atoms. The van der Waals surface area contributed by atoms with Gasteiger partial charge >= 0.3 is 6.18 Å². The second kappa shape index (κ2) is 4.17. The Morgan fingerprint density at radius 3 is 2.39 bits per heavy atom. The van der Waals surface area contributed by atoms with Crippen molar-refractivity contribution < 1.29 is 18.3 Å². The van der Waals surface area contributed by atoms with Crippen molar-refractivity contribution in [2.45, 2.75) is 24.6 Å². The molecule has 1 aliphatic carbocycles. The molecule has 0 spiro atoms. The summed E-state index contributed by atoms with van der Waals surface area (Å²) in [6.45, 7) is 0. The fourth-order valence-electron chi connectivity index (χ4n) is 1.68. The summed E-state index contributed by atoms with van der Waals surface area (Å²) in [6, 6.07) is 3.67. The lowest BCUT2D eigenvalue weighted by atomic mass is 9.91. The number of anilines is 1. The number of hydrogen-bond acceptors (Lipinski definition) is 2. The van der Waals surface area contributed by atoms with E-state index in [-0.39, 0.29) is 10.7 Å². The second-order valence-electron chi connectivity index (χ2n) is 4.30. The van der Waals surface area contributed by atoms with Crippen LogP contribution in [0, 0.1) is 0 Å². The quantitative estimate of drug-likeness (QED) is 0.643. The van der Waals surface area contributed by atoms with Crippen molar-refractivity contribution in [1.29, 1.82) is 0 Å². The molecule has 1 saturated carbocycles. The summed E-state index contributed by atoms with van der Waals surface area (Å²) in [5, 5.41) is 10.1. The van der Waals surface area contributed by atoms with Gasteiger partial charge in [0, 0.05) is 16.3 Å². The third kappa shape index (κ3) is 2.33. The van der Waals surface area contributed by atoms with Crippen molar-refractivity contribution in [3.05, 3.63) is 40.4 Å². The SMILES string of the molecule is Nc1ccc(Cl)cc1[C@@](O)(C=C1CC1)C(F)(F)F. The molecule has 98 valence electrons. The summed E-state index contributed by atoms with van der Waals surface area (Å²) < 4.78 is 39.3. The molecule has 6 heteroatoms. The number of halogens is 4. The molecule has 0 amide bonds. The summed E-state index contributed by atoms with van der Waals surface area (Å²) in [5.74, 6) is 0. The summed E-state index contributed by atoms with van der Waals surface area (Å²) in [4.78, 5) is 0. The van der Waals surface area contributed by atoms with Crippen molar-refractivity contribution in [3.8, 4) is 0 Å². The molecule has 0 heterocycles. The van der Waals surface area contributed by atoms with Crippen LogP contribution in [0.2, 0.25) is 5.02 Å². The van der Waals surface area contributed by atoms with Crippen LogP contribution < -0.4 is 5.73 Å². The predicted octanol–water partition coefficient (Wildman–Crippen LogP) is 3.39. The molecule has 0 aromatic heterocycles. The van der Waals surface area contributed by atoms with Crippen LogP contribution in [0.1, 0.15) is 18.4 Å². The summed E-state index contributed by atoms with van der Waals surface area (Å²) >= 11 is 5.67. The van der Waals surface area contributed by atoms with E-state index in [9.17, 15) is 18.3 Å². The maximum atomic E-state index is 13.1. The molecule has 2 nitrogen and oxygen atoms in total. The standard InChI is InChI=1S/C12H11ClF3NO/c13-8-3-4-10(17)9(5-8)11(18,12(14,15)16)6-7-1-2-7/h3-6,18H,1-2,17H2/t11-/m0/s1. The van der Waals surface area contributed by atoms with Gasteiger partial charge in [0.1, 0.15) is 0 Å². The zero-order chi connectivity index (χ0) is 13.6. The summed E-state index contributed by atoms with van der Waals surface area (Å²) in [5.41, 5.74) is 2.44. The Balaban J connectivity index is 2.59. The zero-order valence-corrected chi connectivity index (χ0v) is 10.0. The van der Waals surface area contributed by atoms with Crippen molar-refractivity contribution in [2.75, 3.05) is 5.73 Å². The van der Waals surface area contributed by atoms with Gasteiger partial charge in [0.05, 0.1) is 0 Å². The van der Waals surface area contributed by atoms with Gasteiger partial charge in [-0.05, 0) is 37.1 Å². The smallest absolute Gasteiger partial charge is 0.398 e. The van der Waals surface area contributed by atoms with Gasteiger partial charge in [-0.3, -0.25) is 0 Å². The molecule has 0 unspecified atom stereocenters. The number of rotatable bonds is 2. The van der Waals surface area contributed by atoms with E-state index in [1.54, 1.807) is 0 Å². The van der Waals surface area contributed by atoms with E-state index < -0.39 is 17.3 Å². The molecule has 3 N–H and O–H groups in total. The number of alkyl halides is 3. The van der Waals surface area contributed by atoms with Gasteiger partial charge in [-0.25, -0.2) is 0 Å². The topological polar surface area (TPSA) is 46.2 Å². The molecule has 0 saturated heterocycles. The van der Waals surface area contributed by atoms with Gasteiger partial charge in [0.25, 0.3) is 0 Å². The van der Waals surface area contributed by atoms with Crippen LogP contribution in [0.4, 0.5) is 18.9 Å². The molecule has 0 bridgehead atoms. The molecule has 2 rings (SSSR count). The molecule has 1 aromatic carbocycles. The molecule has 1 aromatic rings. The highest BCUT2D eigenvalue weighted by Crippen LogP contribution is 2.46. The molecular weight excluding hydrogens is 267 g/mol. The van der Waals surface area contributed by atoms with Crippen LogP contribution in [0.3, 0.4) is 0 Å². The Morgan fingerprint density at radius 2 is 1.89 bits per heavy atom. The van der Waals surface area contributed by atoms with Crippen LogP contribution in [-0.2, 0) is 5.60 Å². The molecular formula is C12H11ClF3NO.